The van der Waals surface area contributed by atoms with E-state index in [0.717, 1.165) is 17.7 Å². The Hall–Kier alpha value is -1.39. The Morgan fingerprint density at radius 3 is 2.74 bits per heavy atom. The lowest BCUT2D eigenvalue weighted by Crippen LogP contribution is -2.16. The molecule has 1 aromatic carbocycles. The quantitative estimate of drug-likeness (QED) is 0.808. The molecule has 3 N–H and O–H groups in total. The van der Waals surface area contributed by atoms with Crippen molar-refractivity contribution in [2.75, 3.05) is 5.32 Å². The molecular formula is C15H18N2S2. The van der Waals surface area contributed by atoms with Crippen LogP contribution in [0.4, 0.5) is 5.69 Å². The third kappa shape index (κ3) is 3.14. The van der Waals surface area contributed by atoms with Crippen LogP contribution in [-0.2, 0) is 0 Å². The van der Waals surface area contributed by atoms with Gasteiger partial charge in [-0.15, -0.1) is 11.3 Å². The summed E-state index contributed by atoms with van der Waals surface area (Å²) in [5.74, 6) is 0. The molecule has 19 heavy (non-hydrogen) atoms. The summed E-state index contributed by atoms with van der Waals surface area (Å²) in [6.45, 7) is 4.25. The van der Waals surface area contributed by atoms with Gasteiger partial charge in [-0.2, -0.15) is 0 Å². The minimum absolute atomic E-state index is 0.300. The highest BCUT2D eigenvalue weighted by Crippen LogP contribution is 2.29. The summed E-state index contributed by atoms with van der Waals surface area (Å²) in [6, 6.07) is 10.6. The van der Waals surface area contributed by atoms with E-state index in [1.165, 1.54) is 10.4 Å². The van der Waals surface area contributed by atoms with E-state index in [1.54, 1.807) is 11.3 Å². The van der Waals surface area contributed by atoms with Gasteiger partial charge in [-0.3, -0.25) is 0 Å². The van der Waals surface area contributed by atoms with Crippen LogP contribution in [-0.4, -0.2) is 4.99 Å². The highest BCUT2D eigenvalue weighted by molar-refractivity contribution is 7.80. The molecule has 0 spiro atoms. The molecule has 0 radical (unpaired) electrons. The fourth-order valence-corrected chi connectivity index (χ4v) is 3.13. The highest BCUT2D eigenvalue weighted by Gasteiger charge is 2.14. The van der Waals surface area contributed by atoms with Gasteiger partial charge in [-0.05, 0) is 36.4 Å². The third-order valence-corrected chi connectivity index (χ3v) is 4.36. The average Bonchev–Trinajstić information content (AvgIpc) is 2.90. The number of aryl methyl sites for hydroxylation is 1. The van der Waals surface area contributed by atoms with Crippen LogP contribution in [0.3, 0.4) is 0 Å². The zero-order chi connectivity index (χ0) is 13.8. The molecule has 0 bridgehead atoms. The first-order valence-corrected chi connectivity index (χ1v) is 7.61. The summed E-state index contributed by atoms with van der Waals surface area (Å²) >= 11 is 6.91. The predicted octanol–water partition coefficient (Wildman–Crippen LogP) is 4.25. The first-order valence-electron chi connectivity index (χ1n) is 6.32. The molecule has 4 heteroatoms. The number of nitrogens with one attached hydrogen (secondary N) is 1. The molecule has 0 aliphatic rings. The van der Waals surface area contributed by atoms with E-state index >= 15 is 0 Å². The van der Waals surface area contributed by atoms with Crippen molar-refractivity contribution in [1.29, 1.82) is 0 Å². The Labute approximate surface area is 123 Å². The summed E-state index contributed by atoms with van der Waals surface area (Å²) in [6.07, 6.45) is 1.02. The molecule has 2 aromatic rings. The van der Waals surface area contributed by atoms with Gasteiger partial charge in [0.05, 0.1) is 6.04 Å². The standard InChI is InChI=1S/C15H18N2S2/c1-3-12(13-8-5-9-19-13)17-14-10(2)6-4-7-11(14)15(16)18/h4-9,12,17H,3H2,1-2H3,(H2,16,18). The zero-order valence-electron chi connectivity index (χ0n) is 11.1. The summed E-state index contributed by atoms with van der Waals surface area (Å²) in [7, 11) is 0. The molecule has 0 amide bonds. The van der Waals surface area contributed by atoms with Gasteiger partial charge in [0.2, 0.25) is 0 Å². The number of nitrogens with two attached hydrogens (primary N) is 1. The van der Waals surface area contributed by atoms with Crippen LogP contribution in [0, 0.1) is 6.92 Å². The van der Waals surface area contributed by atoms with Crippen molar-refractivity contribution < 1.29 is 0 Å². The topological polar surface area (TPSA) is 38.0 Å². The van der Waals surface area contributed by atoms with Crippen molar-refractivity contribution >= 4 is 34.2 Å². The Morgan fingerprint density at radius 2 is 2.16 bits per heavy atom. The van der Waals surface area contributed by atoms with Crippen LogP contribution >= 0.6 is 23.6 Å². The van der Waals surface area contributed by atoms with Crippen molar-refractivity contribution in [3.8, 4) is 0 Å². The maximum atomic E-state index is 5.81. The van der Waals surface area contributed by atoms with Crippen molar-refractivity contribution in [3.63, 3.8) is 0 Å². The fourth-order valence-electron chi connectivity index (χ4n) is 2.10. The number of thiocarbonyl (C=S) groups is 1. The van der Waals surface area contributed by atoms with Gasteiger partial charge in [0.15, 0.2) is 0 Å². The van der Waals surface area contributed by atoms with Gasteiger partial charge in [0, 0.05) is 16.1 Å². The molecule has 0 fully saturated rings. The van der Waals surface area contributed by atoms with Crippen molar-refractivity contribution in [3.05, 3.63) is 51.7 Å². The van der Waals surface area contributed by atoms with E-state index in [1.807, 2.05) is 12.1 Å². The molecule has 100 valence electrons. The van der Waals surface area contributed by atoms with Gasteiger partial charge in [0.1, 0.15) is 4.99 Å². The summed E-state index contributed by atoms with van der Waals surface area (Å²) in [5, 5.41) is 5.70. The van der Waals surface area contributed by atoms with E-state index in [2.05, 4.69) is 42.7 Å². The van der Waals surface area contributed by atoms with E-state index in [9.17, 15) is 0 Å². The zero-order valence-corrected chi connectivity index (χ0v) is 12.8. The second-order valence-electron chi connectivity index (χ2n) is 4.48. The molecule has 2 rings (SSSR count). The van der Waals surface area contributed by atoms with E-state index in [0.29, 0.717) is 11.0 Å². The lowest BCUT2D eigenvalue weighted by atomic mass is 10.1. The van der Waals surface area contributed by atoms with E-state index in [4.69, 9.17) is 18.0 Å². The summed E-state index contributed by atoms with van der Waals surface area (Å²) in [4.78, 5) is 1.77. The minimum atomic E-state index is 0.300. The molecule has 0 saturated carbocycles. The number of hydrogen-bond acceptors (Lipinski definition) is 3. The van der Waals surface area contributed by atoms with Gasteiger partial charge >= 0.3 is 0 Å². The Morgan fingerprint density at radius 1 is 1.37 bits per heavy atom. The second-order valence-corrected chi connectivity index (χ2v) is 5.90. The normalized spacial score (nSPS) is 12.1. The molecule has 0 aliphatic heterocycles. The number of thiophene rings is 1. The van der Waals surface area contributed by atoms with Crippen LogP contribution in [0.2, 0.25) is 0 Å². The lowest BCUT2D eigenvalue weighted by molar-refractivity contribution is 0.762. The number of benzene rings is 1. The smallest absolute Gasteiger partial charge is 0.106 e. The van der Waals surface area contributed by atoms with E-state index < -0.39 is 0 Å². The Bertz CT molecular complexity index is 562. The van der Waals surface area contributed by atoms with Crippen LogP contribution in [0.1, 0.15) is 35.4 Å². The average molecular weight is 290 g/mol. The van der Waals surface area contributed by atoms with Crippen molar-refractivity contribution in [2.45, 2.75) is 26.3 Å². The second kappa shape index (κ2) is 6.17. The molecule has 2 nitrogen and oxygen atoms in total. The maximum absolute atomic E-state index is 5.81. The molecule has 1 aromatic heterocycles. The van der Waals surface area contributed by atoms with Gasteiger partial charge in [-0.1, -0.05) is 37.3 Å². The minimum Gasteiger partial charge on any atom is -0.389 e. The summed E-state index contributed by atoms with van der Waals surface area (Å²) in [5.41, 5.74) is 8.95. The van der Waals surface area contributed by atoms with Gasteiger partial charge < -0.3 is 11.1 Å². The lowest BCUT2D eigenvalue weighted by Gasteiger charge is -2.21. The molecular weight excluding hydrogens is 272 g/mol. The summed E-state index contributed by atoms with van der Waals surface area (Å²) < 4.78 is 0. The molecule has 1 atom stereocenters. The third-order valence-electron chi connectivity index (χ3n) is 3.15. The van der Waals surface area contributed by atoms with Crippen LogP contribution < -0.4 is 11.1 Å². The number of rotatable bonds is 5. The molecule has 1 heterocycles. The fraction of sp³-hybridized carbons (Fsp3) is 0.267. The first kappa shape index (κ1) is 14.0. The number of para-hydroxylation sites is 1. The van der Waals surface area contributed by atoms with Gasteiger partial charge in [-0.25, -0.2) is 0 Å². The monoisotopic (exact) mass is 290 g/mol. The largest absolute Gasteiger partial charge is 0.389 e. The highest BCUT2D eigenvalue weighted by atomic mass is 32.1. The first-order chi connectivity index (χ1) is 9.13. The Kier molecular flexibility index (Phi) is 4.56. The van der Waals surface area contributed by atoms with Crippen LogP contribution in [0.15, 0.2) is 35.7 Å². The maximum Gasteiger partial charge on any atom is 0.106 e. The predicted molar refractivity (Wildman–Crippen MR) is 88.0 cm³/mol. The van der Waals surface area contributed by atoms with Gasteiger partial charge in [0.25, 0.3) is 0 Å². The SMILES string of the molecule is CCC(Nc1c(C)cccc1C(N)=S)c1cccs1. The van der Waals surface area contributed by atoms with E-state index in [-0.39, 0.29) is 0 Å². The van der Waals surface area contributed by atoms with Crippen molar-refractivity contribution in [2.24, 2.45) is 5.73 Å². The van der Waals surface area contributed by atoms with Crippen LogP contribution in [0.25, 0.3) is 0 Å². The number of hydrogen-bond donors (Lipinski definition) is 2. The molecule has 0 aliphatic carbocycles. The molecule has 1 unspecified atom stereocenters. The Balaban J connectivity index is 2.34. The molecule has 0 saturated heterocycles. The van der Waals surface area contributed by atoms with Crippen LogP contribution in [0.5, 0.6) is 0 Å². The number of anilines is 1. The van der Waals surface area contributed by atoms with Crippen molar-refractivity contribution in [1.82, 2.24) is 0 Å².